The Morgan fingerprint density at radius 2 is 2.00 bits per heavy atom. The summed E-state index contributed by atoms with van der Waals surface area (Å²) < 4.78 is 24.0. The fraction of sp³-hybridized carbons (Fsp3) is 1.00. The van der Waals surface area contributed by atoms with Crippen molar-refractivity contribution in [1.82, 2.24) is 4.31 Å². The lowest BCUT2D eigenvalue weighted by Gasteiger charge is -2.22. The highest BCUT2D eigenvalue weighted by atomic mass is 79.9. The van der Waals surface area contributed by atoms with Gasteiger partial charge < -0.3 is 0 Å². The van der Waals surface area contributed by atoms with E-state index in [9.17, 15) is 8.42 Å². The van der Waals surface area contributed by atoms with E-state index in [1.54, 1.807) is 7.05 Å². The van der Waals surface area contributed by atoms with Gasteiger partial charge in [0, 0.05) is 13.1 Å². The lowest BCUT2D eigenvalue weighted by molar-refractivity contribution is 0.371. The largest absolute Gasteiger partial charge is 0.224 e. The average molecular weight is 258 g/mol. The maximum absolute atomic E-state index is 11.3. The van der Waals surface area contributed by atoms with E-state index in [2.05, 4.69) is 15.9 Å². The summed E-state index contributed by atoms with van der Waals surface area (Å²) >= 11 is 2.96. The zero-order valence-corrected chi connectivity index (χ0v) is 10.2. The van der Waals surface area contributed by atoms with Crippen LogP contribution in [0.1, 0.15) is 26.7 Å². The summed E-state index contributed by atoms with van der Waals surface area (Å²) in [6.45, 7) is 3.97. The average Bonchev–Trinajstić information content (AvgIpc) is 2.03. The third-order valence-corrected chi connectivity index (χ3v) is 5.15. The second kappa shape index (κ2) is 5.19. The van der Waals surface area contributed by atoms with Crippen molar-refractivity contribution in [3.63, 3.8) is 0 Å². The molecule has 0 heterocycles. The maximum Gasteiger partial charge on any atom is 0.224 e. The second-order valence-electron chi connectivity index (χ2n) is 2.87. The summed E-state index contributed by atoms with van der Waals surface area (Å²) in [5.74, 6) is 0. The first-order chi connectivity index (χ1) is 5.45. The predicted octanol–water partition coefficient (Wildman–Crippen LogP) is 1.79. The zero-order chi connectivity index (χ0) is 9.78. The van der Waals surface area contributed by atoms with Crippen molar-refractivity contribution in [2.45, 2.75) is 32.7 Å². The van der Waals surface area contributed by atoms with Crippen molar-refractivity contribution < 1.29 is 8.42 Å². The van der Waals surface area contributed by atoms with Crippen LogP contribution in [0.25, 0.3) is 0 Å². The molecule has 0 saturated carbocycles. The maximum atomic E-state index is 11.3. The SMILES string of the molecule is CCCC(C)N(C)S(=O)(=O)CBr. The number of alkyl halides is 1. The van der Waals surface area contributed by atoms with E-state index >= 15 is 0 Å². The minimum absolute atomic E-state index is 0.00452. The van der Waals surface area contributed by atoms with Gasteiger partial charge >= 0.3 is 0 Å². The first kappa shape index (κ1) is 12.4. The highest BCUT2D eigenvalue weighted by Crippen LogP contribution is 2.10. The van der Waals surface area contributed by atoms with E-state index in [-0.39, 0.29) is 10.7 Å². The van der Waals surface area contributed by atoms with Gasteiger partial charge in [-0.15, -0.1) is 0 Å². The molecule has 0 spiro atoms. The minimum Gasteiger partial charge on any atom is -0.211 e. The molecule has 12 heavy (non-hydrogen) atoms. The summed E-state index contributed by atoms with van der Waals surface area (Å²) in [6.07, 6.45) is 1.91. The van der Waals surface area contributed by atoms with Crippen molar-refractivity contribution >= 4 is 26.0 Å². The Balaban J connectivity index is 4.28. The van der Waals surface area contributed by atoms with Crippen LogP contribution in [0.15, 0.2) is 0 Å². The molecule has 3 nitrogen and oxygen atoms in total. The van der Waals surface area contributed by atoms with Crippen molar-refractivity contribution in [2.75, 3.05) is 11.7 Å². The van der Waals surface area contributed by atoms with Crippen LogP contribution >= 0.6 is 15.9 Å². The zero-order valence-electron chi connectivity index (χ0n) is 7.75. The molecule has 0 aliphatic rings. The van der Waals surface area contributed by atoms with Gasteiger partial charge in [-0.1, -0.05) is 29.3 Å². The van der Waals surface area contributed by atoms with E-state index < -0.39 is 10.0 Å². The molecule has 0 bridgehead atoms. The van der Waals surface area contributed by atoms with Crippen LogP contribution in [0.2, 0.25) is 0 Å². The number of sulfonamides is 1. The highest BCUT2D eigenvalue weighted by molar-refractivity contribution is 9.10. The fourth-order valence-electron chi connectivity index (χ4n) is 0.951. The molecule has 0 aromatic rings. The van der Waals surface area contributed by atoms with Crippen LogP contribution in [0.3, 0.4) is 0 Å². The molecule has 1 unspecified atom stereocenters. The van der Waals surface area contributed by atoms with Gasteiger partial charge in [0.25, 0.3) is 0 Å². The molecule has 0 N–H and O–H groups in total. The fourth-order valence-corrected chi connectivity index (χ4v) is 2.73. The number of rotatable bonds is 5. The van der Waals surface area contributed by atoms with Gasteiger partial charge in [0.15, 0.2) is 0 Å². The Labute approximate surface area is 83.3 Å². The van der Waals surface area contributed by atoms with Crippen molar-refractivity contribution in [3.05, 3.63) is 0 Å². The topological polar surface area (TPSA) is 37.4 Å². The molecular weight excluding hydrogens is 242 g/mol. The van der Waals surface area contributed by atoms with Crippen LogP contribution in [0, 0.1) is 0 Å². The van der Waals surface area contributed by atoms with E-state index in [4.69, 9.17) is 0 Å². The molecule has 0 aromatic heterocycles. The van der Waals surface area contributed by atoms with Gasteiger partial charge in [-0.25, -0.2) is 12.7 Å². The Morgan fingerprint density at radius 3 is 2.33 bits per heavy atom. The number of halogens is 1. The van der Waals surface area contributed by atoms with Crippen LogP contribution in [0.5, 0.6) is 0 Å². The Bertz CT molecular complexity index is 215. The Morgan fingerprint density at radius 1 is 1.50 bits per heavy atom. The van der Waals surface area contributed by atoms with E-state index in [1.165, 1.54) is 4.31 Å². The van der Waals surface area contributed by atoms with Crippen LogP contribution in [-0.2, 0) is 10.0 Å². The molecule has 0 aliphatic heterocycles. The first-order valence-corrected chi connectivity index (χ1v) is 6.70. The third kappa shape index (κ3) is 3.41. The number of hydrogen-bond acceptors (Lipinski definition) is 2. The summed E-state index contributed by atoms with van der Waals surface area (Å²) in [5.41, 5.74) is 0. The lowest BCUT2D eigenvalue weighted by atomic mass is 10.2. The molecule has 0 saturated heterocycles. The van der Waals surface area contributed by atoms with Gasteiger partial charge in [-0.3, -0.25) is 0 Å². The van der Waals surface area contributed by atoms with Crippen LogP contribution < -0.4 is 0 Å². The normalized spacial score (nSPS) is 15.1. The molecule has 0 aliphatic carbocycles. The molecule has 0 fully saturated rings. The highest BCUT2D eigenvalue weighted by Gasteiger charge is 2.20. The molecule has 74 valence electrons. The molecule has 0 amide bonds. The predicted molar refractivity (Wildman–Crippen MR) is 54.8 cm³/mol. The standard InChI is InChI=1S/C7H16BrNO2S/c1-4-5-7(2)9(3)12(10,11)6-8/h7H,4-6H2,1-3H3. The van der Waals surface area contributed by atoms with E-state index in [0.29, 0.717) is 0 Å². The quantitative estimate of drug-likeness (QED) is 0.705. The molecule has 0 radical (unpaired) electrons. The van der Waals surface area contributed by atoms with E-state index in [0.717, 1.165) is 12.8 Å². The summed E-state index contributed by atoms with van der Waals surface area (Å²) in [5, 5.41) is 0. The molecular formula is C7H16BrNO2S. The smallest absolute Gasteiger partial charge is 0.211 e. The third-order valence-electron chi connectivity index (χ3n) is 1.90. The summed E-state index contributed by atoms with van der Waals surface area (Å²) in [6, 6.07) is 0.0950. The van der Waals surface area contributed by atoms with Crippen molar-refractivity contribution in [1.29, 1.82) is 0 Å². The van der Waals surface area contributed by atoms with Crippen LogP contribution in [-0.4, -0.2) is 30.5 Å². The molecule has 1 atom stereocenters. The van der Waals surface area contributed by atoms with Crippen molar-refractivity contribution in [2.24, 2.45) is 0 Å². The van der Waals surface area contributed by atoms with Crippen LogP contribution in [0.4, 0.5) is 0 Å². The van der Waals surface area contributed by atoms with Gasteiger partial charge in [-0.2, -0.15) is 0 Å². The first-order valence-electron chi connectivity index (χ1n) is 3.97. The van der Waals surface area contributed by atoms with Crippen molar-refractivity contribution in [3.8, 4) is 0 Å². The van der Waals surface area contributed by atoms with Gasteiger partial charge in [-0.05, 0) is 13.3 Å². The second-order valence-corrected chi connectivity index (χ2v) is 6.21. The van der Waals surface area contributed by atoms with Gasteiger partial charge in [0.1, 0.15) is 4.66 Å². The molecule has 5 heteroatoms. The minimum atomic E-state index is -3.07. The summed E-state index contributed by atoms with van der Waals surface area (Å²) in [4.78, 5) is 0. The van der Waals surface area contributed by atoms with Gasteiger partial charge in [0.2, 0.25) is 10.0 Å². The molecule has 0 rings (SSSR count). The monoisotopic (exact) mass is 257 g/mol. The summed E-state index contributed by atoms with van der Waals surface area (Å²) in [7, 11) is -1.45. The Kier molecular flexibility index (Phi) is 5.36. The molecule has 0 aromatic carbocycles. The lowest BCUT2D eigenvalue weighted by Crippen LogP contribution is -2.35. The van der Waals surface area contributed by atoms with E-state index in [1.807, 2.05) is 13.8 Å². The Hall–Kier alpha value is 0.390. The number of hydrogen-bond donors (Lipinski definition) is 0. The van der Waals surface area contributed by atoms with Gasteiger partial charge in [0.05, 0.1) is 0 Å². The number of nitrogens with zero attached hydrogens (tertiary/aromatic N) is 1.